The van der Waals surface area contributed by atoms with Crippen LogP contribution in [0.25, 0.3) is 0 Å². The van der Waals surface area contributed by atoms with Gasteiger partial charge in [-0.05, 0) is 60.6 Å². The molecule has 1 aliphatic carbocycles. The minimum absolute atomic E-state index is 0.0755. The summed E-state index contributed by atoms with van der Waals surface area (Å²) in [6.07, 6.45) is 4.28. The monoisotopic (exact) mass is 339 g/mol. The molecule has 1 atom stereocenters. The van der Waals surface area contributed by atoms with E-state index in [2.05, 4.69) is 23.5 Å². The smallest absolute Gasteiger partial charge is 0.220 e. The quantitative estimate of drug-likeness (QED) is 0.870. The highest BCUT2D eigenvalue weighted by Crippen LogP contribution is 2.30. The van der Waals surface area contributed by atoms with Gasteiger partial charge < -0.3 is 14.8 Å². The minimum atomic E-state index is 0.0755. The molecule has 1 N–H and O–H groups in total. The second kappa shape index (κ2) is 8.06. The third-order valence-electron chi connectivity index (χ3n) is 4.81. The van der Waals surface area contributed by atoms with Gasteiger partial charge in [-0.3, -0.25) is 4.79 Å². The van der Waals surface area contributed by atoms with Crippen LogP contribution >= 0.6 is 0 Å². The van der Waals surface area contributed by atoms with Gasteiger partial charge in [-0.1, -0.05) is 24.3 Å². The van der Waals surface area contributed by atoms with Gasteiger partial charge in [0, 0.05) is 6.42 Å². The van der Waals surface area contributed by atoms with Crippen LogP contribution in [0.5, 0.6) is 11.5 Å². The Morgan fingerprint density at radius 1 is 1.16 bits per heavy atom. The van der Waals surface area contributed by atoms with E-state index in [9.17, 15) is 4.79 Å². The molecule has 1 aliphatic rings. The van der Waals surface area contributed by atoms with Gasteiger partial charge in [-0.25, -0.2) is 0 Å². The number of ether oxygens (including phenoxy) is 2. The first kappa shape index (κ1) is 17.3. The zero-order chi connectivity index (χ0) is 17.6. The van der Waals surface area contributed by atoms with Gasteiger partial charge in [-0.15, -0.1) is 0 Å². The van der Waals surface area contributed by atoms with Crippen LogP contribution < -0.4 is 14.8 Å². The Kier molecular flexibility index (Phi) is 5.59. The van der Waals surface area contributed by atoms with Crippen molar-refractivity contribution in [3.63, 3.8) is 0 Å². The standard InChI is InChI=1S/C21H25NO3/c1-24-17-11-12-20(25-2)16(14-17)10-13-21(23)22-19-9-5-7-15-6-3-4-8-18(15)19/h3-4,6,8,11-12,14,19H,5,7,9-10,13H2,1-2H3,(H,22,23). The summed E-state index contributed by atoms with van der Waals surface area (Å²) in [4.78, 5) is 12.5. The Bertz CT molecular complexity index is 742. The predicted molar refractivity (Wildman–Crippen MR) is 98.1 cm³/mol. The van der Waals surface area contributed by atoms with Crippen LogP contribution in [0.2, 0.25) is 0 Å². The molecule has 0 saturated carbocycles. The van der Waals surface area contributed by atoms with E-state index in [4.69, 9.17) is 9.47 Å². The fraction of sp³-hybridized carbons (Fsp3) is 0.381. The largest absolute Gasteiger partial charge is 0.497 e. The Morgan fingerprint density at radius 2 is 2.00 bits per heavy atom. The number of hydrogen-bond acceptors (Lipinski definition) is 3. The normalized spacial score (nSPS) is 16.0. The molecule has 0 fully saturated rings. The summed E-state index contributed by atoms with van der Waals surface area (Å²) in [5, 5.41) is 3.20. The maximum absolute atomic E-state index is 12.5. The molecule has 0 saturated heterocycles. The number of amides is 1. The molecule has 0 bridgehead atoms. The third kappa shape index (κ3) is 4.13. The number of methoxy groups -OCH3 is 2. The van der Waals surface area contributed by atoms with Gasteiger partial charge in [0.2, 0.25) is 5.91 Å². The van der Waals surface area contributed by atoms with Crippen molar-refractivity contribution >= 4 is 5.91 Å². The summed E-state index contributed by atoms with van der Waals surface area (Å²) in [7, 11) is 3.28. The third-order valence-corrected chi connectivity index (χ3v) is 4.81. The van der Waals surface area contributed by atoms with Crippen molar-refractivity contribution < 1.29 is 14.3 Å². The van der Waals surface area contributed by atoms with Crippen molar-refractivity contribution in [2.45, 2.75) is 38.1 Å². The van der Waals surface area contributed by atoms with Gasteiger partial charge in [0.05, 0.1) is 20.3 Å². The summed E-state index contributed by atoms with van der Waals surface area (Å²) < 4.78 is 10.7. The highest BCUT2D eigenvalue weighted by molar-refractivity contribution is 5.77. The van der Waals surface area contributed by atoms with E-state index in [1.54, 1.807) is 14.2 Å². The molecule has 4 heteroatoms. The van der Waals surface area contributed by atoms with Crippen LogP contribution in [0.4, 0.5) is 0 Å². The lowest BCUT2D eigenvalue weighted by molar-refractivity contribution is -0.121. The number of carbonyl (C=O) groups excluding carboxylic acids is 1. The number of hydrogen-bond donors (Lipinski definition) is 1. The minimum Gasteiger partial charge on any atom is -0.497 e. The lowest BCUT2D eigenvalue weighted by Gasteiger charge is -2.26. The molecule has 3 rings (SSSR count). The average Bonchev–Trinajstić information content (AvgIpc) is 2.66. The maximum Gasteiger partial charge on any atom is 0.220 e. The number of carbonyl (C=O) groups is 1. The Balaban J connectivity index is 1.63. The topological polar surface area (TPSA) is 47.6 Å². The summed E-state index contributed by atoms with van der Waals surface area (Å²) in [5.74, 6) is 1.64. The SMILES string of the molecule is COc1ccc(OC)c(CCC(=O)NC2CCCc3ccccc32)c1. The fourth-order valence-electron chi connectivity index (χ4n) is 3.50. The molecule has 132 valence electrons. The molecule has 4 nitrogen and oxygen atoms in total. The van der Waals surface area contributed by atoms with Crippen LogP contribution in [0.3, 0.4) is 0 Å². The molecule has 2 aromatic rings. The summed E-state index contributed by atoms with van der Waals surface area (Å²) in [5.41, 5.74) is 3.61. The number of fused-ring (bicyclic) bond motifs is 1. The van der Waals surface area contributed by atoms with Gasteiger partial charge in [0.25, 0.3) is 0 Å². The van der Waals surface area contributed by atoms with E-state index in [0.717, 1.165) is 36.3 Å². The molecular weight excluding hydrogens is 314 g/mol. The molecule has 1 amide bonds. The highest BCUT2D eigenvalue weighted by atomic mass is 16.5. The zero-order valence-electron chi connectivity index (χ0n) is 14.9. The highest BCUT2D eigenvalue weighted by Gasteiger charge is 2.21. The molecule has 0 spiro atoms. The van der Waals surface area contributed by atoms with Crippen LogP contribution in [0, 0.1) is 0 Å². The van der Waals surface area contributed by atoms with Crippen molar-refractivity contribution in [1.29, 1.82) is 0 Å². The first-order valence-electron chi connectivity index (χ1n) is 8.79. The van der Waals surface area contributed by atoms with E-state index in [1.807, 2.05) is 24.3 Å². The molecule has 1 unspecified atom stereocenters. The van der Waals surface area contributed by atoms with E-state index in [0.29, 0.717) is 12.8 Å². The molecule has 2 aromatic carbocycles. The molecule has 25 heavy (non-hydrogen) atoms. The van der Waals surface area contributed by atoms with Crippen LogP contribution in [-0.4, -0.2) is 20.1 Å². The van der Waals surface area contributed by atoms with Gasteiger partial charge >= 0.3 is 0 Å². The van der Waals surface area contributed by atoms with Crippen molar-refractivity contribution in [3.8, 4) is 11.5 Å². The van der Waals surface area contributed by atoms with Crippen molar-refractivity contribution in [1.82, 2.24) is 5.32 Å². The first-order chi connectivity index (χ1) is 12.2. The second-order valence-corrected chi connectivity index (χ2v) is 6.39. The summed E-state index contributed by atoms with van der Waals surface area (Å²) in [6, 6.07) is 14.2. The van der Waals surface area contributed by atoms with Crippen LogP contribution in [0.1, 0.15) is 42.0 Å². The van der Waals surface area contributed by atoms with Crippen molar-refractivity contribution in [2.75, 3.05) is 14.2 Å². The number of aryl methyl sites for hydroxylation is 2. The summed E-state index contributed by atoms with van der Waals surface area (Å²) >= 11 is 0. The zero-order valence-corrected chi connectivity index (χ0v) is 14.9. The lowest BCUT2D eigenvalue weighted by atomic mass is 9.87. The number of rotatable bonds is 6. The summed E-state index contributed by atoms with van der Waals surface area (Å²) in [6.45, 7) is 0. The number of nitrogens with one attached hydrogen (secondary N) is 1. The Hall–Kier alpha value is -2.49. The van der Waals surface area contributed by atoms with Gasteiger partial charge in [0.1, 0.15) is 11.5 Å². The van der Waals surface area contributed by atoms with E-state index in [-0.39, 0.29) is 11.9 Å². The molecule has 0 aromatic heterocycles. The van der Waals surface area contributed by atoms with Crippen LogP contribution in [-0.2, 0) is 17.6 Å². The maximum atomic E-state index is 12.5. The lowest BCUT2D eigenvalue weighted by Crippen LogP contribution is -2.31. The van der Waals surface area contributed by atoms with Crippen molar-refractivity contribution in [3.05, 3.63) is 59.2 Å². The Labute approximate surface area is 149 Å². The fourth-order valence-corrected chi connectivity index (χ4v) is 3.50. The second-order valence-electron chi connectivity index (χ2n) is 6.39. The van der Waals surface area contributed by atoms with Crippen molar-refractivity contribution in [2.24, 2.45) is 0 Å². The van der Waals surface area contributed by atoms with E-state index in [1.165, 1.54) is 11.1 Å². The molecule has 0 radical (unpaired) electrons. The van der Waals surface area contributed by atoms with E-state index >= 15 is 0 Å². The van der Waals surface area contributed by atoms with Crippen LogP contribution in [0.15, 0.2) is 42.5 Å². The number of benzene rings is 2. The predicted octanol–water partition coefficient (Wildman–Crippen LogP) is 3.83. The molecule has 0 heterocycles. The molecule has 0 aliphatic heterocycles. The van der Waals surface area contributed by atoms with Gasteiger partial charge in [0.15, 0.2) is 0 Å². The van der Waals surface area contributed by atoms with Gasteiger partial charge in [-0.2, -0.15) is 0 Å². The average molecular weight is 339 g/mol. The Morgan fingerprint density at radius 3 is 2.80 bits per heavy atom. The van der Waals surface area contributed by atoms with E-state index < -0.39 is 0 Å². The first-order valence-corrected chi connectivity index (χ1v) is 8.79. The molecular formula is C21H25NO3.